The monoisotopic (exact) mass is 367 g/mol. The number of hydrogen-bond donors (Lipinski definition) is 1. The van der Waals surface area contributed by atoms with Gasteiger partial charge in [0.15, 0.2) is 0 Å². The lowest BCUT2D eigenvalue weighted by Gasteiger charge is -2.46. The van der Waals surface area contributed by atoms with E-state index in [1.807, 2.05) is 0 Å². The molecule has 0 bridgehead atoms. The Bertz CT molecular complexity index is 427. The van der Waals surface area contributed by atoms with Crippen LogP contribution < -0.4 is 5.32 Å². The maximum Gasteiger partial charge on any atom is 0.0685 e. The molecular formula is C22H41NO3. The lowest BCUT2D eigenvalue weighted by atomic mass is 9.74. The second-order valence-corrected chi connectivity index (χ2v) is 10.2. The van der Waals surface area contributed by atoms with Gasteiger partial charge < -0.3 is 19.5 Å². The summed E-state index contributed by atoms with van der Waals surface area (Å²) in [6.45, 7) is 15.0. The van der Waals surface area contributed by atoms with Crippen molar-refractivity contribution >= 4 is 0 Å². The van der Waals surface area contributed by atoms with Gasteiger partial charge in [0.2, 0.25) is 0 Å². The van der Waals surface area contributed by atoms with E-state index in [1.165, 1.54) is 38.5 Å². The van der Waals surface area contributed by atoms with Gasteiger partial charge in [0, 0.05) is 12.5 Å². The Morgan fingerprint density at radius 3 is 2.19 bits per heavy atom. The predicted molar refractivity (Wildman–Crippen MR) is 105 cm³/mol. The van der Waals surface area contributed by atoms with E-state index in [1.54, 1.807) is 0 Å². The molecule has 0 amide bonds. The Balaban J connectivity index is 1.38. The highest BCUT2D eigenvalue weighted by molar-refractivity contribution is 4.97. The minimum absolute atomic E-state index is 0.160. The molecule has 0 aromatic heterocycles. The van der Waals surface area contributed by atoms with E-state index in [2.05, 4.69) is 33.0 Å². The Labute approximate surface area is 160 Å². The van der Waals surface area contributed by atoms with Crippen LogP contribution >= 0.6 is 0 Å². The van der Waals surface area contributed by atoms with Crippen LogP contribution in [0.4, 0.5) is 0 Å². The highest BCUT2D eigenvalue weighted by Gasteiger charge is 2.42. The normalized spacial score (nSPS) is 26.7. The predicted octanol–water partition coefficient (Wildman–Crippen LogP) is 4.03. The van der Waals surface area contributed by atoms with Gasteiger partial charge in [-0.25, -0.2) is 0 Å². The van der Waals surface area contributed by atoms with Crippen LogP contribution in [-0.2, 0) is 14.2 Å². The van der Waals surface area contributed by atoms with Gasteiger partial charge in [-0.1, -0.05) is 27.7 Å². The fourth-order valence-corrected chi connectivity index (χ4v) is 4.88. The van der Waals surface area contributed by atoms with E-state index < -0.39 is 0 Å². The molecule has 152 valence electrons. The molecule has 26 heavy (non-hydrogen) atoms. The van der Waals surface area contributed by atoms with Gasteiger partial charge in [0.25, 0.3) is 0 Å². The quantitative estimate of drug-likeness (QED) is 0.565. The van der Waals surface area contributed by atoms with Crippen molar-refractivity contribution in [1.29, 1.82) is 0 Å². The topological polar surface area (TPSA) is 39.7 Å². The minimum Gasteiger partial charge on any atom is -0.381 e. The van der Waals surface area contributed by atoms with Gasteiger partial charge in [-0.15, -0.1) is 0 Å². The Morgan fingerprint density at radius 1 is 1.00 bits per heavy atom. The molecule has 0 radical (unpaired) electrons. The maximum atomic E-state index is 6.51. The number of nitrogens with one attached hydrogen (secondary N) is 1. The summed E-state index contributed by atoms with van der Waals surface area (Å²) in [5.74, 6) is 2.79. The summed E-state index contributed by atoms with van der Waals surface area (Å²) in [6, 6.07) is 0. The summed E-state index contributed by atoms with van der Waals surface area (Å²) in [6.07, 6.45) is 7.48. The lowest BCUT2D eigenvalue weighted by molar-refractivity contribution is -0.129. The summed E-state index contributed by atoms with van der Waals surface area (Å²) < 4.78 is 17.3. The van der Waals surface area contributed by atoms with Crippen LogP contribution in [0.5, 0.6) is 0 Å². The van der Waals surface area contributed by atoms with Crippen molar-refractivity contribution in [3.05, 3.63) is 0 Å². The van der Waals surface area contributed by atoms with E-state index >= 15 is 0 Å². The van der Waals surface area contributed by atoms with Gasteiger partial charge in [-0.2, -0.15) is 0 Å². The Kier molecular flexibility index (Phi) is 7.04. The Morgan fingerprint density at radius 2 is 1.73 bits per heavy atom. The Hall–Kier alpha value is -0.160. The summed E-state index contributed by atoms with van der Waals surface area (Å²) in [5, 5.41) is 3.85. The van der Waals surface area contributed by atoms with E-state index in [9.17, 15) is 0 Å². The molecule has 0 spiro atoms. The van der Waals surface area contributed by atoms with E-state index in [-0.39, 0.29) is 11.1 Å². The second-order valence-electron chi connectivity index (χ2n) is 10.2. The van der Waals surface area contributed by atoms with Gasteiger partial charge in [0.05, 0.1) is 37.6 Å². The van der Waals surface area contributed by atoms with Gasteiger partial charge >= 0.3 is 0 Å². The molecule has 1 aliphatic carbocycles. The van der Waals surface area contributed by atoms with Gasteiger partial charge in [-0.3, -0.25) is 0 Å². The summed E-state index contributed by atoms with van der Waals surface area (Å²) in [5.41, 5.74) is 0.391. The van der Waals surface area contributed by atoms with Crippen molar-refractivity contribution in [2.45, 2.75) is 77.4 Å². The molecule has 4 nitrogen and oxygen atoms in total. The third kappa shape index (κ3) is 5.43. The standard InChI is InChI=1S/C22H41NO3/c1-17(2)9-21(15-25-16-21)23-11-19(4)10-22(6-5-7-22)26-12-18(3)8-20-13-24-14-20/h17-20,23H,5-16H2,1-4H3/t18-,19-/m1/s1. The molecule has 2 saturated heterocycles. The van der Waals surface area contributed by atoms with Crippen LogP contribution in [0.3, 0.4) is 0 Å². The van der Waals surface area contributed by atoms with Crippen molar-refractivity contribution in [3.8, 4) is 0 Å². The first kappa shape index (κ1) is 20.6. The van der Waals surface area contributed by atoms with E-state index in [0.29, 0.717) is 17.8 Å². The summed E-state index contributed by atoms with van der Waals surface area (Å²) >= 11 is 0. The minimum atomic E-state index is 0.160. The van der Waals surface area contributed by atoms with Crippen molar-refractivity contribution in [2.24, 2.45) is 23.7 Å². The molecule has 3 aliphatic rings. The maximum absolute atomic E-state index is 6.51. The molecule has 2 atom stereocenters. The summed E-state index contributed by atoms with van der Waals surface area (Å²) in [4.78, 5) is 0. The van der Waals surface area contributed by atoms with Gasteiger partial charge in [-0.05, 0) is 62.8 Å². The fourth-order valence-electron chi connectivity index (χ4n) is 4.88. The third-order valence-corrected chi connectivity index (χ3v) is 6.48. The number of hydrogen-bond acceptors (Lipinski definition) is 4. The van der Waals surface area contributed by atoms with Crippen molar-refractivity contribution in [2.75, 3.05) is 39.6 Å². The summed E-state index contributed by atoms with van der Waals surface area (Å²) in [7, 11) is 0. The fraction of sp³-hybridized carbons (Fsp3) is 1.00. The van der Waals surface area contributed by atoms with Crippen LogP contribution in [0, 0.1) is 23.7 Å². The zero-order chi connectivity index (χ0) is 18.6. The highest BCUT2D eigenvalue weighted by Crippen LogP contribution is 2.41. The average Bonchev–Trinajstić information content (AvgIpc) is 2.47. The van der Waals surface area contributed by atoms with Crippen LogP contribution in [0.1, 0.15) is 66.2 Å². The van der Waals surface area contributed by atoms with Crippen LogP contribution in [0.25, 0.3) is 0 Å². The average molecular weight is 368 g/mol. The van der Waals surface area contributed by atoms with E-state index in [0.717, 1.165) is 45.5 Å². The smallest absolute Gasteiger partial charge is 0.0685 e. The second kappa shape index (κ2) is 8.89. The lowest BCUT2D eigenvalue weighted by Crippen LogP contribution is -2.62. The van der Waals surface area contributed by atoms with Crippen molar-refractivity contribution in [3.63, 3.8) is 0 Å². The van der Waals surface area contributed by atoms with Crippen molar-refractivity contribution in [1.82, 2.24) is 5.32 Å². The molecule has 2 heterocycles. The van der Waals surface area contributed by atoms with Crippen molar-refractivity contribution < 1.29 is 14.2 Å². The van der Waals surface area contributed by atoms with Crippen LogP contribution in [0.2, 0.25) is 0 Å². The molecule has 1 N–H and O–H groups in total. The molecule has 3 rings (SSSR count). The zero-order valence-corrected chi connectivity index (χ0v) is 17.5. The molecular weight excluding hydrogens is 326 g/mol. The molecule has 0 aromatic rings. The SMILES string of the molecule is CC(C)CC1(NC[C@H](C)CC2(OC[C@H](C)CC3COC3)CCC2)COC1. The van der Waals surface area contributed by atoms with Crippen LogP contribution in [-0.4, -0.2) is 50.7 Å². The zero-order valence-electron chi connectivity index (χ0n) is 17.5. The van der Waals surface area contributed by atoms with Crippen LogP contribution in [0.15, 0.2) is 0 Å². The first-order valence-electron chi connectivity index (χ1n) is 10.9. The first-order chi connectivity index (χ1) is 12.4. The third-order valence-electron chi connectivity index (χ3n) is 6.48. The molecule has 0 unspecified atom stereocenters. The molecule has 1 saturated carbocycles. The molecule has 2 aliphatic heterocycles. The first-order valence-corrected chi connectivity index (χ1v) is 10.9. The molecule has 4 heteroatoms. The number of rotatable bonds is 12. The molecule has 0 aromatic carbocycles. The highest BCUT2D eigenvalue weighted by atomic mass is 16.5. The van der Waals surface area contributed by atoms with E-state index in [4.69, 9.17) is 14.2 Å². The number of ether oxygens (including phenoxy) is 3. The molecule has 3 fully saturated rings. The largest absolute Gasteiger partial charge is 0.381 e. The van der Waals surface area contributed by atoms with Gasteiger partial charge in [0.1, 0.15) is 0 Å².